The molecule has 0 fully saturated rings. The number of hydrogen-bond donors (Lipinski definition) is 2. The van der Waals surface area contributed by atoms with Crippen molar-refractivity contribution in [3.8, 4) is 5.75 Å². The molecule has 0 saturated heterocycles. The second-order valence-corrected chi connectivity index (χ2v) is 7.93. The molecule has 0 heterocycles. The van der Waals surface area contributed by atoms with Crippen molar-refractivity contribution in [2.75, 3.05) is 22.9 Å². The molecule has 2 N–H and O–H groups in total. The van der Waals surface area contributed by atoms with Gasteiger partial charge in [0.15, 0.2) is 0 Å². The van der Waals surface area contributed by atoms with Gasteiger partial charge in [-0.3, -0.25) is 4.72 Å². The van der Waals surface area contributed by atoms with Gasteiger partial charge in [0.2, 0.25) is 10.0 Å². The molecule has 0 aliphatic heterocycles. The highest BCUT2D eigenvalue weighted by atomic mass is 32.2. The first-order chi connectivity index (χ1) is 13.0. The van der Waals surface area contributed by atoms with Gasteiger partial charge in [-0.1, -0.05) is 36.4 Å². The molecule has 3 rings (SSSR count). The van der Waals surface area contributed by atoms with Crippen molar-refractivity contribution in [2.45, 2.75) is 6.42 Å². The van der Waals surface area contributed by atoms with Crippen LogP contribution in [-0.4, -0.2) is 21.3 Å². The van der Waals surface area contributed by atoms with Gasteiger partial charge < -0.3 is 10.1 Å². The largest absolute Gasteiger partial charge is 0.497 e. The lowest BCUT2D eigenvalue weighted by atomic mass is 10.2. The lowest BCUT2D eigenvalue weighted by Gasteiger charge is -2.11. The Labute approximate surface area is 160 Å². The van der Waals surface area contributed by atoms with Crippen LogP contribution in [0.2, 0.25) is 0 Å². The number of sulfonamides is 1. The van der Waals surface area contributed by atoms with Crippen LogP contribution in [0.5, 0.6) is 5.75 Å². The zero-order valence-electron chi connectivity index (χ0n) is 15.1. The molecule has 140 valence electrons. The van der Waals surface area contributed by atoms with E-state index in [0.29, 0.717) is 12.1 Å². The van der Waals surface area contributed by atoms with E-state index in [0.717, 1.165) is 22.7 Å². The van der Waals surface area contributed by atoms with Gasteiger partial charge in [-0.15, -0.1) is 0 Å². The summed E-state index contributed by atoms with van der Waals surface area (Å²) in [6.45, 7) is 0. The van der Waals surface area contributed by atoms with Crippen LogP contribution < -0.4 is 14.8 Å². The fourth-order valence-corrected chi connectivity index (χ4v) is 3.72. The minimum atomic E-state index is -3.40. The van der Waals surface area contributed by atoms with E-state index in [4.69, 9.17) is 4.74 Å². The molecule has 0 saturated carbocycles. The molecule has 0 radical (unpaired) electrons. The molecule has 0 unspecified atom stereocenters. The number of anilines is 3. The minimum absolute atomic E-state index is 0.0425. The Morgan fingerprint density at radius 3 is 2.22 bits per heavy atom. The molecule has 0 aromatic heterocycles. The van der Waals surface area contributed by atoms with Crippen molar-refractivity contribution < 1.29 is 13.2 Å². The van der Waals surface area contributed by atoms with Gasteiger partial charge >= 0.3 is 0 Å². The topological polar surface area (TPSA) is 67.4 Å². The van der Waals surface area contributed by atoms with E-state index in [1.165, 1.54) is 0 Å². The van der Waals surface area contributed by atoms with Gasteiger partial charge in [-0.25, -0.2) is 8.42 Å². The first-order valence-corrected chi connectivity index (χ1v) is 10.2. The Morgan fingerprint density at radius 2 is 1.52 bits per heavy atom. The average molecular weight is 382 g/mol. The summed E-state index contributed by atoms with van der Waals surface area (Å²) in [5.74, 6) is 0.809. The molecule has 6 heteroatoms. The number of rotatable bonds is 8. The number of methoxy groups -OCH3 is 1. The third-order valence-electron chi connectivity index (χ3n) is 4.02. The van der Waals surface area contributed by atoms with E-state index < -0.39 is 10.0 Å². The van der Waals surface area contributed by atoms with E-state index >= 15 is 0 Å². The standard InChI is InChI=1S/C21H22N2O3S/c1-26-21-9-5-8-20(16-21)22-18-10-12-19(13-11-18)23-27(24,25)15-14-17-6-3-2-4-7-17/h2-13,16,22-23H,14-15H2,1H3. The van der Waals surface area contributed by atoms with E-state index in [9.17, 15) is 8.42 Å². The van der Waals surface area contributed by atoms with E-state index in [2.05, 4.69) is 10.0 Å². The summed E-state index contributed by atoms with van der Waals surface area (Å²) in [5, 5.41) is 3.26. The maximum atomic E-state index is 12.3. The third-order valence-corrected chi connectivity index (χ3v) is 5.31. The van der Waals surface area contributed by atoms with Gasteiger partial charge in [0.1, 0.15) is 5.75 Å². The van der Waals surface area contributed by atoms with Crippen LogP contribution in [0.4, 0.5) is 17.1 Å². The van der Waals surface area contributed by atoms with Gasteiger partial charge in [-0.2, -0.15) is 0 Å². The quantitative estimate of drug-likeness (QED) is 0.605. The SMILES string of the molecule is COc1cccc(Nc2ccc(NS(=O)(=O)CCc3ccccc3)cc2)c1. The van der Waals surface area contributed by atoms with Gasteiger partial charge in [0.25, 0.3) is 0 Å². The summed E-state index contributed by atoms with van der Waals surface area (Å²) in [7, 11) is -1.78. The zero-order valence-corrected chi connectivity index (χ0v) is 15.9. The summed E-state index contributed by atoms with van der Waals surface area (Å²) >= 11 is 0. The van der Waals surface area contributed by atoms with Crippen LogP contribution in [-0.2, 0) is 16.4 Å². The summed E-state index contributed by atoms with van der Waals surface area (Å²) in [6.07, 6.45) is 0.478. The van der Waals surface area contributed by atoms with Crippen LogP contribution in [0.15, 0.2) is 78.9 Å². The van der Waals surface area contributed by atoms with E-state index in [1.807, 2.05) is 66.7 Å². The first-order valence-electron chi connectivity index (χ1n) is 8.60. The molecule has 0 aliphatic rings. The molecule has 0 amide bonds. The fourth-order valence-electron chi connectivity index (χ4n) is 2.62. The lowest BCUT2D eigenvalue weighted by Crippen LogP contribution is -2.18. The predicted molar refractivity (Wildman–Crippen MR) is 110 cm³/mol. The maximum absolute atomic E-state index is 12.3. The van der Waals surface area contributed by atoms with Crippen molar-refractivity contribution in [3.63, 3.8) is 0 Å². The monoisotopic (exact) mass is 382 g/mol. The Bertz CT molecular complexity index is 972. The molecule has 0 aliphatic carbocycles. The summed E-state index contributed by atoms with van der Waals surface area (Å²) in [4.78, 5) is 0. The van der Waals surface area contributed by atoms with Crippen LogP contribution in [0, 0.1) is 0 Å². The fraction of sp³-hybridized carbons (Fsp3) is 0.143. The van der Waals surface area contributed by atoms with Crippen molar-refractivity contribution in [2.24, 2.45) is 0 Å². The van der Waals surface area contributed by atoms with Crippen LogP contribution >= 0.6 is 0 Å². The first kappa shape index (κ1) is 18.8. The highest BCUT2D eigenvalue weighted by molar-refractivity contribution is 7.92. The second-order valence-electron chi connectivity index (χ2n) is 6.09. The Balaban J connectivity index is 1.59. The highest BCUT2D eigenvalue weighted by Crippen LogP contribution is 2.22. The zero-order chi connectivity index (χ0) is 19.1. The van der Waals surface area contributed by atoms with Crippen molar-refractivity contribution in [3.05, 3.63) is 84.4 Å². The summed E-state index contributed by atoms with van der Waals surface area (Å²) < 4.78 is 32.4. The van der Waals surface area contributed by atoms with E-state index in [1.54, 1.807) is 19.2 Å². The number of aryl methyl sites for hydroxylation is 1. The highest BCUT2D eigenvalue weighted by Gasteiger charge is 2.10. The molecule has 3 aromatic rings. The number of nitrogens with one attached hydrogen (secondary N) is 2. The number of ether oxygens (including phenoxy) is 1. The van der Waals surface area contributed by atoms with Crippen molar-refractivity contribution >= 4 is 27.1 Å². The number of benzene rings is 3. The van der Waals surface area contributed by atoms with Crippen molar-refractivity contribution in [1.82, 2.24) is 0 Å². The third kappa shape index (κ3) is 5.76. The average Bonchev–Trinajstić information content (AvgIpc) is 2.69. The van der Waals surface area contributed by atoms with Crippen LogP contribution in [0.25, 0.3) is 0 Å². The predicted octanol–water partition coefficient (Wildman–Crippen LogP) is 4.42. The molecule has 0 bridgehead atoms. The van der Waals surface area contributed by atoms with Crippen LogP contribution in [0.1, 0.15) is 5.56 Å². The minimum Gasteiger partial charge on any atom is -0.497 e. The lowest BCUT2D eigenvalue weighted by molar-refractivity contribution is 0.415. The van der Waals surface area contributed by atoms with E-state index in [-0.39, 0.29) is 5.75 Å². The normalized spacial score (nSPS) is 11.0. The second kappa shape index (κ2) is 8.60. The van der Waals surface area contributed by atoms with Gasteiger partial charge in [-0.05, 0) is 48.4 Å². The maximum Gasteiger partial charge on any atom is 0.233 e. The number of hydrogen-bond acceptors (Lipinski definition) is 4. The molecule has 3 aromatic carbocycles. The summed E-state index contributed by atoms with van der Waals surface area (Å²) in [5.41, 5.74) is 3.29. The van der Waals surface area contributed by atoms with Gasteiger partial charge in [0.05, 0.1) is 12.9 Å². The van der Waals surface area contributed by atoms with Gasteiger partial charge in [0, 0.05) is 23.1 Å². The molecular formula is C21H22N2O3S. The molecule has 0 spiro atoms. The molecule has 27 heavy (non-hydrogen) atoms. The molecule has 5 nitrogen and oxygen atoms in total. The molecular weight excluding hydrogens is 360 g/mol. The smallest absolute Gasteiger partial charge is 0.233 e. The summed E-state index contributed by atoms with van der Waals surface area (Å²) in [6, 6.07) is 24.3. The van der Waals surface area contributed by atoms with Crippen molar-refractivity contribution in [1.29, 1.82) is 0 Å². The Hall–Kier alpha value is -2.99. The van der Waals surface area contributed by atoms with Crippen LogP contribution in [0.3, 0.4) is 0 Å². The Kier molecular flexibility index (Phi) is 5.98. The Morgan fingerprint density at radius 1 is 0.815 bits per heavy atom. The molecule has 0 atom stereocenters.